The molecule has 0 aliphatic carbocycles. The normalized spacial score (nSPS) is 33.2. The third kappa shape index (κ3) is 1.96. The molecule has 27 heavy (non-hydrogen) atoms. The largest absolute Gasteiger partial charge is 0.447 e. The van der Waals surface area contributed by atoms with Gasteiger partial charge in [0, 0.05) is 18.6 Å². The lowest BCUT2D eigenvalue weighted by atomic mass is 9.53. The summed E-state index contributed by atoms with van der Waals surface area (Å²) in [7, 11) is 0. The van der Waals surface area contributed by atoms with Crippen LogP contribution in [-0.4, -0.2) is 16.6 Å². The van der Waals surface area contributed by atoms with Crippen LogP contribution in [0.3, 0.4) is 0 Å². The molecule has 4 atom stereocenters. The van der Waals surface area contributed by atoms with Gasteiger partial charge in [0.1, 0.15) is 6.10 Å². The summed E-state index contributed by atoms with van der Waals surface area (Å²) in [5, 5.41) is 49.1. The highest BCUT2D eigenvalue weighted by Crippen LogP contribution is 2.66. The number of ether oxygens (including phenoxy) is 2. The minimum Gasteiger partial charge on any atom is -0.447 e. The van der Waals surface area contributed by atoms with Crippen molar-refractivity contribution in [1.29, 1.82) is 21.2 Å². The second kappa shape index (κ2) is 5.77. The van der Waals surface area contributed by atoms with Crippen molar-refractivity contribution in [1.82, 2.24) is 0 Å². The Bertz CT molecular complexity index is 940. The SMILES string of the molecule is CC[C@@]12OC(=N)[C@](C#N)([C@H]1C)C(C#N)(C#N)[C@H](c1ccc([N+](=O)[O-])cc1)O2. The fraction of sp³-hybridized carbons (Fsp3) is 0.444. The number of non-ortho nitro benzene ring substituents is 1. The molecule has 0 radical (unpaired) electrons. The first kappa shape index (κ1) is 18.3. The molecule has 1 aromatic rings. The van der Waals surface area contributed by atoms with Crippen molar-refractivity contribution in [2.45, 2.75) is 32.2 Å². The summed E-state index contributed by atoms with van der Waals surface area (Å²) in [6.45, 7) is 3.39. The van der Waals surface area contributed by atoms with E-state index in [9.17, 15) is 25.9 Å². The maximum Gasteiger partial charge on any atom is 0.269 e. The number of benzene rings is 1. The minimum absolute atomic E-state index is 0.158. The average molecular weight is 365 g/mol. The smallest absolute Gasteiger partial charge is 0.269 e. The van der Waals surface area contributed by atoms with E-state index in [4.69, 9.17) is 14.9 Å². The molecule has 0 unspecified atom stereocenters. The molecule has 2 aliphatic heterocycles. The Balaban J connectivity index is 2.27. The third-order valence-electron chi connectivity index (χ3n) is 5.70. The van der Waals surface area contributed by atoms with Gasteiger partial charge in [-0.15, -0.1) is 0 Å². The Labute approximate surface area is 155 Å². The van der Waals surface area contributed by atoms with E-state index < -0.39 is 39.5 Å². The summed E-state index contributed by atoms with van der Waals surface area (Å²) in [6, 6.07) is 11.1. The molecule has 2 bridgehead atoms. The van der Waals surface area contributed by atoms with Gasteiger partial charge in [-0.1, -0.05) is 13.8 Å². The van der Waals surface area contributed by atoms with Gasteiger partial charge in [0.2, 0.25) is 17.1 Å². The second-order valence-corrected chi connectivity index (χ2v) is 6.62. The van der Waals surface area contributed by atoms with Crippen LogP contribution < -0.4 is 0 Å². The molecule has 3 rings (SSSR count). The number of nitrogens with one attached hydrogen (secondary N) is 1. The standard InChI is InChI=1S/C18H15N5O4/c1-3-18-11(2)17(10-21,15(22)27-18)16(8-19,9-20)14(26-18)12-4-6-13(7-5-12)23(24)25/h4-7,11,14,22H,3H2,1-2H3/t11-,14+,17+,18-/m1/s1. The first-order valence-electron chi connectivity index (χ1n) is 8.22. The average Bonchev–Trinajstić information content (AvgIpc) is 2.84. The summed E-state index contributed by atoms with van der Waals surface area (Å²) in [6.07, 6.45) is -0.928. The van der Waals surface area contributed by atoms with Crippen LogP contribution in [0.25, 0.3) is 0 Å². The van der Waals surface area contributed by atoms with E-state index in [0.717, 1.165) is 0 Å². The quantitative estimate of drug-likeness (QED) is 0.637. The van der Waals surface area contributed by atoms with Gasteiger partial charge in [-0.3, -0.25) is 15.5 Å². The van der Waals surface area contributed by atoms with Gasteiger partial charge in [0.15, 0.2) is 5.41 Å². The first-order valence-corrected chi connectivity index (χ1v) is 8.22. The lowest BCUT2D eigenvalue weighted by Gasteiger charge is -2.48. The Kier molecular flexibility index (Phi) is 3.91. The Morgan fingerprint density at radius 2 is 1.81 bits per heavy atom. The maximum atomic E-state index is 10.9. The van der Waals surface area contributed by atoms with Crippen molar-refractivity contribution in [2.24, 2.45) is 16.7 Å². The summed E-state index contributed by atoms with van der Waals surface area (Å²) in [5.41, 5.74) is -3.71. The van der Waals surface area contributed by atoms with Gasteiger partial charge < -0.3 is 9.47 Å². The summed E-state index contributed by atoms with van der Waals surface area (Å²) in [4.78, 5) is 10.3. The number of rotatable bonds is 3. The molecule has 2 saturated heterocycles. The Morgan fingerprint density at radius 3 is 2.26 bits per heavy atom. The Hall–Kier alpha value is -3.48. The molecule has 2 fully saturated rings. The number of nitrogens with zero attached hydrogens (tertiary/aromatic N) is 4. The topological polar surface area (TPSA) is 157 Å². The van der Waals surface area contributed by atoms with E-state index in [0.29, 0.717) is 5.56 Å². The fourth-order valence-electron chi connectivity index (χ4n) is 4.11. The molecule has 9 nitrogen and oxygen atoms in total. The van der Waals surface area contributed by atoms with Gasteiger partial charge in [-0.2, -0.15) is 15.8 Å². The van der Waals surface area contributed by atoms with Crippen LogP contribution in [0.15, 0.2) is 24.3 Å². The Morgan fingerprint density at radius 1 is 1.22 bits per heavy atom. The van der Waals surface area contributed by atoms with Crippen LogP contribution >= 0.6 is 0 Å². The van der Waals surface area contributed by atoms with Crippen LogP contribution in [0.5, 0.6) is 0 Å². The van der Waals surface area contributed by atoms with Crippen LogP contribution in [-0.2, 0) is 9.47 Å². The van der Waals surface area contributed by atoms with Crippen molar-refractivity contribution in [2.75, 3.05) is 0 Å². The van der Waals surface area contributed by atoms with E-state index in [1.54, 1.807) is 13.8 Å². The van der Waals surface area contributed by atoms with E-state index in [1.807, 2.05) is 18.2 Å². The molecule has 9 heteroatoms. The lowest BCUT2D eigenvalue weighted by Crippen LogP contribution is -2.58. The van der Waals surface area contributed by atoms with Crippen molar-refractivity contribution in [3.8, 4) is 18.2 Å². The molecule has 1 aromatic carbocycles. The highest BCUT2D eigenvalue weighted by Gasteiger charge is 2.78. The second-order valence-electron chi connectivity index (χ2n) is 6.62. The number of hydrogen-bond acceptors (Lipinski definition) is 8. The van der Waals surface area contributed by atoms with Gasteiger partial charge in [-0.05, 0) is 17.7 Å². The van der Waals surface area contributed by atoms with Crippen LogP contribution in [0.1, 0.15) is 31.9 Å². The van der Waals surface area contributed by atoms with Crippen LogP contribution in [0.2, 0.25) is 0 Å². The number of nitro benzene ring substituents is 1. The fourth-order valence-corrected chi connectivity index (χ4v) is 4.11. The van der Waals surface area contributed by atoms with E-state index in [2.05, 4.69) is 0 Å². The van der Waals surface area contributed by atoms with Crippen LogP contribution in [0.4, 0.5) is 5.69 Å². The highest BCUT2D eigenvalue weighted by atomic mass is 16.7. The number of fused-ring (bicyclic) bond motifs is 2. The van der Waals surface area contributed by atoms with Crippen molar-refractivity contribution >= 4 is 11.6 Å². The zero-order chi connectivity index (χ0) is 20.0. The van der Waals surface area contributed by atoms with E-state index in [1.165, 1.54) is 24.3 Å². The molecule has 1 N–H and O–H groups in total. The van der Waals surface area contributed by atoms with Gasteiger partial charge in [0.05, 0.1) is 29.0 Å². The van der Waals surface area contributed by atoms with Crippen molar-refractivity contribution in [3.05, 3.63) is 39.9 Å². The molecule has 0 spiro atoms. The zero-order valence-corrected chi connectivity index (χ0v) is 14.6. The monoisotopic (exact) mass is 365 g/mol. The zero-order valence-electron chi connectivity index (χ0n) is 14.6. The van der Waals surface area contributed by atoms with E-state index in [-0.39, 0.29) is 12.1 Å². The molecule has 0 aromatic heterocycles. The van der Waals surface area contributed by atoms with Gasteiger partial charge in [-0.25, -0.2) is 0 Å². The van der Waals surface area contributed by atoms with Gasteiger partial charge >= 0.3 is 0 Å². The maximum absolute atomic E-state index is 10.9. The van der Waals surface area contributed by atoms with Gasteiger partial charge in [0.25, 0.3) is 5.69 Å². The highest BCUT2D eigenvalue weighted by molar-refractivity contribution is 5.89. The minimum atomic E-state index is -2.05. The molecular formula is C18H15N5O4. The summed E-state index contributed by atoms with van der Waals surface area (Å²) in [5.74, 6) is -2.54. The summed E-state index contributed by atoms with van der Waals surface area (Å²) < 4.78 is 11.7. The molecule has 2 aliphatic rings. The third-order valence-corrected chi connectivity index (χ3v) is 5.70. The molecule has 136 valence electrons. The predicted octanol–water partition coefficient (Wildman–Crippen LogP) is 2.96. The predicted molar refractivity (Wildman–Crippen MR) is 89.6 cm³/mol. The molecule has 0 amide bonds. The number of nitriles is 3. The molecule has 0 saturated carbocycles. The first-order chi connectivity index (χ1) is 12.8. The van der Waals surface area contributed by atoms with E-state index >= 15 is 0 Å². The summed E-state index contributed by atoms with van der Waals surface area (Å²) >= 11 is 0. The van der Waals surface area contributed by atoms with Crippen LogP contribution in [0, 0.1) is 66.3 Å². The van der Waals surface area contributed by atoms with Crippen molar-refractivity contribution < 1.29 is 14.4 Å². The lowest BCUT2D eigenvalue weighted by molar-refractivity contribution is -0.384. The molecule has 2 heterocycles. The van der Waals surface area contributed by atoms with Crippen molar-refractivity contribution in [3.63, 3.8) is 0 Å². The number of nitro groups is 1. The molecular weight excluding hydrogens is 350 g/mol. The number of hydrogen-bond donors (Lipinski definition) is 1.